The average Bonchev–Trinajstić information content (AvgIpc) is 2.86. The smallest absolute Gasteiger partial charge is 0.183 e. The summed E-state index contributed by atoms with van der Waals surface area (Å²) < 4.78 is 1.86. The summed E-state index contributed by atoms with van der Waals surface area (Å²) in [4.78, 5) is 4.62. The molecule has 0 N–H and O–H groups in total. The van der Waals surface area contributed by atoms with E-state index in [1.54, 1.807) is 12.3 Å². The van der Waals surface area contributed by atoms with Gasteiger partial charge in [-0.15, -0.1) is 10.2 Å². The largest absolute Gasteiger partial charge is 0.281 e. The molecule has 23 heavy (non-hydrogen) atoms. The molecule has 3 aromatic rings. The normalized spacial score (nSPS) is 11.9. The minimum Gasteiger partial charge on any atom is -0.281 e. The first kappa shape index (κ1) is 16.0. The van der Waals surface area contributed by atoms with Gasteiger partial charge in [-0.2, -0.15) is 0 Å². The van der Waals surface area contributed by atoms with Crippen molar-refractivity contribution in [3.8, 4) is 0 Å². The highest BCUT2D eigenvalue weighted by Gasteiger charge is 2.15. The van der Waals surface area contributed by atoms with Crippen LogP contribution in [0.4, 0.5) is 11.5 Å². The lowest BCUT2D eigenvalue weighted by molar-refractivity contribution is 0.831. The third kappa shape index (κ3) is 3.23. The molecular formula is C17H16Cl2N4. The van der Waals surface area contributed by atoms with E-state index in [2.05, 4.69) is 29.1 Å². The van der Waals surface area contributed by atoms with E-state index >= 15 is 0 Å². The quantitative estimate of drug-likeness (QED) is 0.499. The second-order valence-electron chi connectivity index (χ2n) is 5.68. The van der Waals surface area contributed by atoms with Gasteiger partial charge in [-0.25, -0.2) is 4.98 Å². The van der Waals surface area contributed by atoms with Gasteiger partial charge in [0.1, 0.15) is 5.65 Å². The van der Waals surface area contributed by atoms with Crippen LogP contribution in [0.3, 0.4) is 0 Å². The summed E-state index contributed by atoms with van der Waals surface area (Å²) in [5.41, 5.74) is 3.39. The van der Waals surface area contributed by atoms with Crippen LogP contribution in [-0.2, 0) is 0 Å². The molecule has 0 amide bonds. The number of halogens is 2. The van der Waals surface area contributed by atoms with Crippen molar-refractivity contribution in [3.05, 3.63) is 57.8 Å². The lowest BCUT2D eigenvalue weighted by atomic mass is 10.1. The molecule has 2 heterocycles. The van der Waals surface area contributed by atoms with Crippen LogP contribution in [0.2, 0.25) is 10.0 Å². The van der Waals surface area contributed by atoms with E-state index in [0.29, 0.717) is 21.6 Å². The molecule has 0 unspecified atom stereocenters. The second kappa shape index (κ2) is 6.30. The van der Waals surface area contributed by atoms with Crippen LogP contribution in [0.15, 0.2) is 46.8 Å². The Morgan fingerprint density at radius 1 is 1.09 bits per heavy atom. The fraction of sp³-hybridized carbons (Fsp3) is 0.235. The number of nitrogens with zero attached hydrogens (tertiary/aromatic N) is 4. The molecule has 6 heteroatoms. The van der Waals surface area contributed by atoms with Gasteiger partial charge in [0.2, 0.25) is 0 Å². The first-order chi connectivity index (χ1) is 11.0. The maximum atomic E-state index is 6.14. The van der Waals surface area contributed by atoms with Crippen LogP contribution in [0, 0.1) is 6.92 Å². The average molecular weight is 347 g/mol. The molecule has 4 nitrogen and oxygen atoms in total. The molecule has 0 atom stereocenters. The summed E-state index contributed by atoms with van der Waals surface area (Å²) >= 11 is 12.2. The minimum atomic E-state index is 0.226. The molecule has 0 aliphatic rings. The van der Waals surface area contributed by atoms with Gasteiger partial charge in [-0.1, -0.05) is 43.1 Å². The zero-order valence-electron chi connectivity index (χ0n) is 13.1. The Morgan fingerprint density at radius 3 is 2.57 bits per heavy atom. The van der Waals surface area contributed by atoms with Gasteiger partial charge in [-0.3, -0.25) is 4.40 Å². The van der Waals surface area contributed by atoms with Gasteiger partial charge >= 0.3 is 0 Å². The van der Waals surface area contributed by atoms with Crippen LogP contribution in [0.5, 0.6) is 0 Å². The van der Waals surface area contributed by atoms with Crippen LogP contribution >= 0.6 is 23.2 Å². The lowest BCUT2D eigenvalue weighted by Gasteiger charge is -2.02. The summed E-state index contributed by atoms with van der Waals surface area (Å²) in [6.07, 6.45) is 1.80. The van der Waals surface area contributed by atoms with E-state index < -0.39 is 0 Å². The van der Waals surface area contributed by atoms with Crippen molar-refractivity contribution in [2.45, 2.75) is 26.7 Å². The van der Waals surface area contributed by atoms with E-state index in [1.807, 2.05) is 35.6 Å². The topological polar surface area (TPSA) is 42.0 Å². The molecule has 118 valence electrons. The zero-order valence-corrected chi connectivity index (χ0v) is 14.6. The molecule has 1 aromatic carbocycles. The molecule has 0 saturated heterocycles. The van der Waals surface area contributed by atoms with Crippen LogP contribution in [0.25, 0.3) is 5.65 Å². The van der Waals surface area contributed by atoms with Gasteiger partial charge in [0.25, 0.3) is 0 Å². The highest BCUT2D eigenvalue weighted by Crippen LogP contribution is 2.31. The summed E-state index contributed by atoms with van der Waals surface area (Å²) in [6, 6.07) is 9.29. The van der Waals surface area contributed by atoms with Crippen LogP contribution in [0.1, 0.15) is 31.0 Å². The van der Waals surface area contributed by atoms with Crippen molar-refractivity contribution >= 4 is 40.4 Å². The number of hydrogen-bond donors (Lipinski definition) is 0. The molecule has 3 rings (SSSR count). The third-order valence-electron chi connectivity index (χ3n) is 3.55. The van der Waals surface area contributed by atoms with Gasteiger partial charge in [0.05, 0.1) is 16.4 Å². The van der Waals surface area contributed by atoms with Crippen molar-refractivity contribution < 1.29 is 0 Å². The predicted molar refractivity (Wildman–Crippen MR) is 94.7 cm³/mol. The summed E-state index contributed by atoms with van der Waals surface area (Å²) in [6.45, 7) is 6.10. The van der Waals surface area contributed by atoms with E-state index in [1.165, 1.54) is 0 Å². The molecule has 0 bridgehead atoms. The summed E-state index contributed by atoms with van der Waals surface area (Å²) in [5.74, 6) is 0.915. The first-order valence-corrected chi connectivity index (χ1v) is 8.06. The van der Waals surface area contributed by atoms with E-state index in [-0.39, 0.29) is 5.92 Å². The van der Waals surface area contributed by atoms with Crippen molar-refractivity contribution in [1.82, 2.24) is 9.38 Å². The number of imidazole rings is 1. The predicted octanol–water partition coefficient (Wildman–Crippen LogP) is 6.49. The fourth-order valence-electron chi connectivity index (χ4n) is 2.26. The molecule has 0 fully saturated rings. The van der Waals surface area contributed by atoms with Gasteiger partial charge < -0.3 is 0 Å². The van der Waals surface area contributed by atoms with Crippen molar-refractivity contribution in [2.75, 3.05) is 0 Å². The highest BCUT2D eigenvalue weighted by molar-refractivity contribution is 6.31. The Balaban J connectivity index is 2.10. The highest BCUT2D eigenvalue weighted by atomic mass is 35.5. The molecule has 0 aliphatic carbocycles. The molecule has 0 spiro atoms. The van der Waals surface area contributed by atoms with Crippen LogP contribution in [-0.4, -0.2) is 9.38 Å². The zero-order chi connectivity index (χ0) is 16.6. The van der Waals surface area contributed by atoms with E-state index in [0.717, 1.165) is 16.9 Å². The van der Waals surface area contributed by atoms with Crippen molar-refractivity contribution in [2.24, 2.45) is 10.2 Å². The Hall–Kier alpha value is -1.91. The van der Waals surface area contributed by atoms with Crippen molar-refractivity contribution in [1.29, 1.82) is 0 Å². The van der Waals surface area contributed by atoms with Crippen molar-refractivity contribution in [3.63, 3.8) is 0 Å². The van der Waals surface area contributed by atoms with Gasteiger partial charge in [-0.05, 0) is 42.7 Å². The maximum absolute atomic E-state index is 6.14. The number of pyridine rings is 1. The first-order valence-electron chi connectivity index (χ1n) is 7.31. The van der Waals surface area contributed by atoms with Gasteiger partial charge in [0.15, 0.2) is 5.82 Å². The summed E-state index contributed by atoms with van der Waals surface area (Å²) in [7, 11) is 0. The number of aryl methyl sites for hydroxylation is 1. The van der Waals surface area contributed by atoms with E-state index in [4.69, 9.17) is 23.2 Å². The third-order valence-corrected chi connectivity index (χ3v) is 4.18. The Labute approximate surface area is 144 Å². The Bertz CT molecular complexity index is 897. The molecule has 0 radical (unpaired) electrons. The Kier molecular flexibility index (Phi) is 4.37. The van der Waals surface area contributed by atoms with E-state index in [9.17, 15) is 0 Å². The van der Waals surface area contributed by atoms with Gasteiger partial charge in [0, 0.05) is 11.2 Å². The second-order valence-corrected chi connectivity index (χ2v) is 6.53. The molecule has 2 aromatic heterocycles. The number of hydrogen-bond acceptors (Lipinski definition) is 3. The molecular weight excluding hydrogens is 331 g/mol. The lowest BCUT2D eigenvalue weighted by Crippen LogP contribution is -1.87. The fourth-order valence-corrected chi connectivity index (χ4v) is 2.60. The number of fused-ring (bicyclic) bond motifs is 1. The Morgan fingerprint density at radius 2 is 1.87 bits per heavy atom. The monoisotopic (exact) mass is 346 g/mol. The van der Waals surface area contributed by atoms with Crippen LogP contribution < -0.4 is 0 Å². The summed E-state index contributed by atoms with van der Waals surface area (Å²) in [5, 5.41) is 10.0. The minimum absolute atomic E-state index is 0.226. The molecule has 0 saturated carbocycles. The number of rotatable bonds is 3. The SMILES string of the molecule is Cc1ccc(N=Nc2c(C(C)C)nc3ccc(Cl)cn23)cc1Cl. The molecule has 0 aliphatic heterocycles. The standard InChI is InChI=1S/C17H16Cl2N4/c1-10(2)16-17(23-9-12(18)5-7-15(23)20-16)22-21-13-6-4-11(3)14(19)8-13/h4-10H,1-3H3. The number of azo groups is 1. The number of benzene rings is 1. The maximum Gasteiger partial charge on any atom is 0.183 e. The number of aromatic nitrogens is 2.